The lowest BCUT2D eigenvalue weighted by molar-refractivity contribution is -0.222. The van der Waals surface area contributed by atoms with Crippen LogP contribution in [0.3, 0.4) is 0 Å². The Balaban J connectivity index is 1.55. The van der Waals surface area contributed by atoms with Crippen molar-refractivity contribution in [2.75, 3.05) is 0 Å². The van der Waals surface area contributed by atoms with Gasteiger partial charge in [-0.25, -0.2) is 4.79 Å². The van der Waals surface area contributed by atoms with Crippen molar-refractivity contribution in [1.29, 1.82) is 0 Å². The monoisotopic (exact) mass is 398 g/mol. The summed E-state index contributed by atoms with van der Waals surface area (Å²) in [5.74, 6) is 0.116. The number of allylic oxidation sites excluding steroid dienone is 1. The first-order chi connectivity index (χ1) is 13.8. The molecule has 29 heavy (non-hydrogen) atoms. The van der Waals surface area contributed by atoms with Crippen LogP contribution < -0.4 is 5.63 Å². The van der Waals surface area contributed by atoms with Crippen molar-refractivity contribution >= 4 is 6.29 Å². The average molecular weight is 398 g/mol. The molecular weight excluding hydrogens is 368 g/mol. The number of aldehydes is 1. The molecule has 1 heterocycles. The molecule has 7 unspecified atom stereocenters. The maximum Gasteiger partial charge on any atom is 0.335 e. The molecule has 0 bridgehead atoms. The second kappa shape index (κ2) is 6.14. The minimum Gasteiger partial charge on any atom is -0.431 e. The van der Waals surface area contributed by atoms with E-state index in [1.54, 1.807) is 6.26 Å². The lowest BCUT2D eigenvalue weighted by Gasteiger charge is -2.63. The number of aliphatic hydroxyl groups is 2. The Labute approximate surface area is 170 Å². The van der Waals surface area contributed by atoms with Crippen LogP contribution in [0.15, 0.2) is 39.8 Å². The van der Waals surface area contributed by atoms with Gasteiger partial charge in [0.05, 0.1) is 22.9 Å². The van der Waals surface area contributed by atoms with Crippen molar-refractivity contribution in [3.8, 4) is 0 Å². The zero-order valence-electron chi connectivity index (χ0n) is 17.0. The van der Waals surface area contributed by atoms with Gasteiger partial charge < -0.3 is 19.4 Å². The molecule has 4 aliphatic rings. The van der Waals surface area contributed by atoms with Crippen molar-refractivity contribution in [2.24, 2.45) is 22.7 Å². The molecule has 1 aromatic heterocycles. The first-order valence-corrected chi connectivity index (χ1v) is 11.0. The van der Waals surface area contributed by atoms with E-state index < -0.39 is 16.6 Å². The van der Waals surface area contributed by atoms with Crippen molar-refractivity contribution < 1.29 is 19.4 Å². The summed E-state index contributed by atoms with van der Waals surface area (Å²) >= 11 is 0. The van der Waals surface area contributed by atoms with Crippen LogP contribution in [0.25, 0.3) is 0 Å². The van der Waals surface area contributed by atoms with Gasteiger partial charge in [0.1, 0.15) is 6.29 Å². The highest BCUT2D eigenvalue weighted by Gasteiger charge is 2.70. The van der Waals surface area contributed by atoms with E-state index in [9.17, 15) is 19.8 Å². The van der Waals surface area contributed by atoms with Crippen LogP contribution in [-0.4, -0.2) is 27.7 Å². The van der Waals surface area contributed by atoms with E-state index in [0.717, 1.165) is 44.0 Å². The first kappa shape index (κ1) is 19.3. The minimum absolute atomic E-state index is 0.000976. The molecule has 0 aliphatic heterocycles. The van der Waals surface area contributed by atoms with Gasteiger partial charge in [-0.2, -0.15) is 0 Å². The molecule has 4 aliphatic carbocycles. The van der Waals surface area contributed by atoms with Crippen molar-refractivity contribution in [1.82, 2.24) is 0 Å². The van der Waals surface area contributed by atoms with Gasteiger partial charge in [0, 0.05) is 11.5 Å². The highest BCUT2D eigenvalue weighted by atomic mass is 16.4. The molecule has 5 heteroatoms. The fourth-order valence-electron chi connectivity index (χ4n) is 7.84. The number of hydrogen-bond acceptors (Lipinski definition) is 5. The van der Waals surface area contributed by atoms with Crippen molar-refractivity contribution in [3.05, 3.63) is 46.5 Å². The second-order valence-electron chi connectivity index (χ2n) is 10.1. The number of rotatable bonds is 2. The van der Waals surface area contributed by atoms with Gasteiger partial charge in [0.25, 0.3) is 0 Å². The van der Waals surface area contributed by atoms with E-state index in [4.69, 9.17) is 4.42 Å². The predicted octanol–water partition coefficient (Wildman–Crippen LogP) is 3.34. The smallest absolute Gasteiger partial charge is 0.335 e. The predicted molar refractivity (Wildman–Crippen MR) is 107 cm³/mol. The van der Waals surface area contributed by atoms with Gasteiger partial charge in [-0.3, -0.25) is 0 Å². The molecule has 7 atom stereocenters. The van der Waals surface area contributed by atoms with E-state index in [2.05, 4.69) is 6.92 Å². The minimum atomic E-state index is -1.08. The van der Waals surface area contributed by atoms with E-state index >= 15 is 0 Å². The Morgan fingerprint density at radius 3 is 2.59 bits per heavy atom. The molecule has 0 aromatic carbocycles. The molecule has 5 rings (SSSR count). The lowest BCUT2D eigenvalue weighted by atomic mass is 9.42. The van der Waals surface area contributed by atoms with Crippen LogP contribution in [0, 0.1) is 22.7 Å². The summed E-state index contributed by atoms with van der Waals surface area (Å²) in [6, 6.07) is 3.29. The summed E-state index contributed by atoms with van der Waals surface area (Å²) in [7, 11) is 0. The van der Waals surface area contributed by atoms with Crippen LogP contribution in [0.4, 0.5) is 0 Å². The second-order valence-corrected chi connectivity index (χ2v) is 10.1. The largest absolute Gasteiger partial charge is 0.431 e. The SMILES string of the molecule is CC12CCC3C(CCC4(O)C=CCCC34C=O)C1(O)CCC2c1ccc(=O)oc1. The molecule has 0 spiro atoms. The summed E-state index contributed by atoms with van der Waals surface area (Å²) in [6.07, 6.45) is 12.2. The van der Waals surface area contributed by atoms with E-state index in [-0.39, 0.29) is 28.8 Å². The third-order valence-electron chi connectivity index (χ3n) is 9.40. The average Bonchev–Trinajstić information content (AvgIpc) is 2.99. The summed E-state index contributed by atoms with van der Waals surface area (Å²) in [6.45, 7) is 2.17. The Bertz CT molecular complexity index is 900. The Hall–Kier alpha value is -1.72. The summed E-state index contributed by atoms with van der Waals surface area (Å²) in [5, 5.41) is 23.5. The topological polar surface area (TPSA) is 87.7 Å². The third-order valence-corrected chi connectivity index (χ3v) is 9.40. The Kier molecular flexibility index (Phi) is 4.08. The van der Waals surface area contributed by atoms with Crippen LogP contribution in [0.1, 0.15) is 69.8 Å². The van der Waals surface area contributed by atoms with Gasteiger partial charge in [-0.05, 0) is 80.8 Å². The molecule has 3 fully saturated rings. The molecule has 0 amide bonds. The van der Waals surface area contributed by atoms with Crippen LogP contribution in [-0.2, 0) is 4.79 Å². The molecule has 5 nitrogen and oxygen atoms in total. The van der Waals surface area contributed by atoms with E-state index in [0.29, 0.717) is 19.3 Å². The molecule has 0 radical (unpaired) electrons. The maximum atomic E-state index is 12.5. The Morgan fingerprint density at radius 1 is 1.07 bits per heavy atom. The third kappa shape index (κ3) is 2.29. The van der Waals surface area contributed by atoms with E-state index in [1.807, 2.05) is 18.2 Å². The zero-order chi connectivity index (χ0) is 20.5. The molecule has 1 aromatic rings. The number of hydrogen-bond donors (Lipinski definition) is 2. The number of carbonyl (C=O) groups excluding carboxylic acids is 1. The fraction of sp³-hybridized carbons (Fsp3) is 0.667. The zero-order valence-corrected chi connectivity index (χ0v) is 17.0. The van der Waals surface area contributed by atoms with Gasteiger partial charge in [0.2, 0.25) is 0 Å². The Morgan fingerprint density at radius 2 is 1.86 bits per heavy atom. The molecule has 2 N–H and O–H groups in total. The van der Waals surface area contributed by atoms with Crippen LogP contribution in [0.2, 0.25) is 0 Å². The normalized spacial score (nSPS) is 48.4. The highest BCUT2D eigenvalue weighted by molar-refractivity contribution is 5.65. The number of fused-ring (bicyclic) bond motifs is 5. The lowest BCUT2D eigenvalue weighted by Crippen LogP contribution is -2.67. The standard InChI is InChI=1S/C24H30O5/c1-21-11-6-18-19(7-12-23(27)10-3-2-9-22(18,23)15-25)24(21,28)13-8-17(21)16-4-5-20(26)29-14-16/h3-5,10,14-15,17-19,27-28H,2,6-9,11-13H2,1H3. The fourth-order valence-corrected chi connectivity index (χ4v) is 7.84. The van der Waals surface area contributed by atoms with Gasteiger partial charge in [0.15, 0.2) is 0 Å². The van der Waals surface area contributed by atoms with Gasteiger partial charge in [-0.15, -0.1) is 0 Å². The summed E-state index contributed by atoms with van der Waals surface area (Å²) in [4.78, 5) is 23.9. The van der Waals surface area contributed by atoms with Gasteiger partial charge in [-0.1, -0.05) is 19.1 Å². The van der Waals surface area contributed by atoms with E-state index in [1.165, 1.54) is 6.07 Å². The quantitative estimate of drug-likeness (QED) is 0.589. The van der Waals surface area contributed by atoms with Crippen molar-refractivity contribution in [2.45, 2.75) is 75.4 Å². The molecule has 3 saturated carbocycles. The van der Waals surface area contributed by atoms with Crippen molar-refractivity contribution in [3.63, 3.8) is 0 Å². The maximum absolute atomic E-state index is 12.5. The van der Waals surface area contributed by atoms with Crippen LogP contribution >= 0.6 is 0 Å². The molecular formula is C24H30O5. The van der Waals surface area contributed by atoms with Crippen LogP contribution in [0.5, 0.6) is 0 Å². The summed E-state index contributed by atoms with van der Waals surface area (Å²) in [5.41, 5.74) is -2.48. The van der Waals surface area contributed by atoms with Gasteiger partial charge >= 0.3 is 5.63 Å². The highest BCUT2D eigenvalue weighted by Crippen LogP contribution is 2.70. The summed E-state index contributed by atoms with van der Waals surface area (Å²) < 4.78 is 5.13. The molecule has 0 saturated heterocycles. The number of carbonyl (C=O) groups is 1. The first-order valence-electron chi connectivity index (χ1n) is 11.0. The molecule has 156 valence electrons.